The second-order valence-electron chi connectivity index (χ2n) is 9.57. The number of ketones is 1. The maximum Gasteiger partial charge on any atom is 0.295 e. The Balaban J connectivity index is 1.84. The number of carbonyl (C=O) groups is 2. The van der Waals surface area contributed by atoms with Crippen molar-refractivity contribution in [2.75, 3.05) is 7.11 Å². The summed E-state index contributed by atoms with van der Waals surface area (Å²) in [5.41, 5.74) is 1.15. The fourth-order valence-corrected chi connectivity index (χ4v) is 4.22. The van der Waals surface area contributed by atoms with E-state index in [1.807, 2.05) is 45.0 Å². The summed E-state index contributed by atoms with van der Waals surface area (Å²) in [4.78, 5) is 28.1. The molecule has 3 aromatic carbocycles. The van der Waals surface area contributed by atoms with E-state index in [1.54, 1.807) is 36.4 Å². The molecule has 1 heterocycles. The number of carbonyl (C=O) groups excluding carboxylic acids is 2. The predicted molar refractivity (Wildman–Crippen MR) is 136 cm³/mol. The summed E-state index contributed by atoms with van der Waals surface area (Å²) >= 11 is 0. The molecule has 0 aliphatic carbocycles. The van der Waals surface area contributed by atoms with E-state index >= 15 is 0 Å². The minimum atomic E-state index is -0.875. The smallest absolute Gasteiger partial charge is 0.295 e. The number of rotatable bonds is 6. The number of aliphatic hydroxyl groups is 1. The minimum absolute atomic E-state index is 0.0341. The van der Waals surface area contributed by atoms with Crippen LogP contribution in [0, 0.1) is 0 Å². The molecule has 2 N–H and O–H groups in total. The van der Waals surface area contributed by atoms with Gasteiger partial charge in [0.25, 0.3) is 11.7 Å². The van der Waals surface area contributed by atoms with Gasteiger partial charge in [0.1, 0.15) is 28.6 Å². The lowest BCUT2D eigenvalue weighted by Crippen LogP contribution is -2.30. The van der Waals surface area contributed by atoms with Gasteiger partial charge in [-0.05, 0) is 56.7 Å². The first-order chi connectivity index (χ1) is 17.1. The zero-order chi connectivity index (χ0) is 26.0. The van der Waals surface area contributed by atoms with Crippen LogP contribution in [0.1, 0.15) is 43.5 Å². The summed E-state index contributed by atoms with van der Waals surface area (Å²) in [6, 6.07) is 19.4. The van der Waals surface area contributed by atoms with Crippen molar-refractivity contribution in [3.63, 3.8) is 0 Å². The molecule has 1 atom stereocenters. The maximum absolute atomic E-state index is 13.3. The number of Topliss-reactive ketones (excluding diaryl/α,β-unsaturated/α-hetero) is 1. The number of amides is 1. The number of aromatic hydroxyl groups is 1. The van der Waals surface area contributed by atoms with Crippen molar-refractivity contribution in [1.29, 1.82) is 0 Å². The number of aliphatic hydroxyl groups excluding tert-OH is 1. The molecule has 0 aromatic heterocycles. The Labute approximate surface area is 210 Å². The summed E-state index contributed by atoms with van der Waals surface area (Å²) in [7, 11) is 1.51. The van der Waals surface area contributed by atoms with Crippen LogP contribution in [0.25, 0.3) is 5.76 Å². The van der Waals surface area contributed by atoms with Crippen molar-refractivity contribution in [2.45, 2.75) is 39.0 Å². The lowest BCUT2D eigenvalue weighted by Gasteiger charge is -2.28. The molecule has 1 saturated heterocycles. The van der Waals surface area contributed by atoms with E-state index in [-0.39, 0.29) is 23.6 Å². The van der Waals surface area contributed by atoms with E-state index in [9.17, 15) is 19.8 Å². The lowest BCUT2D eigenvalue weighted by atomic mass is 9.95. The highest BCUT2D eigenvalue weighted by Crippen LogP contribution is 2.41. The molecule has 186 valence electrons. The van der Waals surface area contributed by atoms with Crippen molar-refractivity contribution in [2.24, 2.45) is 0 Å². The van der Waals surface area contributed by atoms with E-state index in [2.05, 4.69) is 0 Å². The van der Waals surface area contributed by atoms with Gasteiger partial charge in [-0.1, -0.05) is 42.5 Å². The average Bonchev–Trinajstić information content (AvgIpc) is 3.09. The molecule has 0 radical (unpaired) electrons. The molecule has 1 amide bonds. The number of nitrogens with zero attached hydrogens (tertiary/aromatic N) is 1. The second kappa shape index (κ2) is 9.77. The zero-order valence-electron chi connectivity index (χ0n) is 20.7. The van der Waals surface area contributed by atoms with Gasteiger partial charge in [-0.2, -0.15) is 0 Å². The van der Waals surface area contributed by atoms with E-state index in [1.165, 1.54) is 24.1 Å². The fraction of sp³-hybridized carbons (Fsp3) is 0.241. The Bertz CT molecular complexity index is 1320. The predicted octanol–water partition coefficient (Wildman–Crippen LogP) is 5.20. The van der Waals surface area contributed by atoms with Gasteiger partial charge in [-0.25, -0.2) is 0 Å². The van der Waals surface area contributed by atoms with Gasteiger partial charge < -0.3 is 24.6 Å². The third-order valence-electron chi connectivity index (χ3n) is 5.82. The molecular weight excluding hydrogens is 458 g/mol. The van der Waals surface area contributed by atoms with Crippen LogP contribution in [-0.4, -0.2) is 39.5 Å². The summed E-state index contributed by atoms with van der Waals surface area (Å²) < 4.78 is 11.4. The van der Waals surface area contributed by atoms with Gasteiger partial charge in [0.15, 0.2) is 0 Å². The van der Waals surface area contributed by atoms with Gasteiger partial charge in [-0.15, -0.1) is 0 Å². The van der Waals surface area contributed by atoms with Gasteiger partial charge in [0.2, 0.25) is 0 Å². The number of methoxy groups -OCH3 is 1. The Kier molecular flexibility index (Phi) is 6.75. The highest BCUT2D eigenvalue weighted by molar-refractivity contribution is 6.46. The summed E-state index contributed by atoms with van der Waals surface area (Å²) in [5, 5.41) is 21.1. The van der Waals surface area contributed by atoms with Crippen molar-refractivity contribution < 1.29 is 29.3 Å². The Morgan fingerprint density at radius 3 is 2.33 bits per heavy atom. The van der Waals surface area contributed by atoms with E-state index in [0.29, 0.717) is 22.6 Å². The Morgan fingerprint density at radius 2 is 1.67 bits per heavy atom. The molecule has 1 fully saturated rings. The average molecular weight is 488 g/mol. The topological polar surface area (TPSA) is 96.3 Å². The van der Waals surface area contributed by atoms with Crippen LogP contribution < -0.4 is 9.47 Å². The maximum atomic E-state index is 13.3. The van der Waals surface area contributed by atoms with Gasteiger partial charge in [-0.3, -0.25) is 9.59 Å². The highest BCUT2D eigenvalue weighted by Gasteiger charge is 2.46. The number of hydrogen-bond acceptors (Lipinski definition) is 6. The molecule has 36 heavy (non-hydrogen) atoms. The summed E-state index contributed by atoms with van der Waals surface area (Å²) in [5.74, 6) is -0.669. The number of para-hydroxylation sites is 1. The molecule has 1 aliphatic rings. The SMILES string of the molecule is COc1cccc(/C(O)=C2\C(=O)C(=O)N(Cc3ccccc3OC(C)(C)C)C2c2ccc(O)cc2)c1. The van der Waals surface area contributed by atoms with Crippen LogP contribution in [0.2, 0.25) is 0 Å². The van der Waals surface area contributed by atoms with Crippen molar-refractivity contribution in [3.8, 4) is 17.2 Å². The van der Waals surface area contributed by atoms with E-state index in [4.69, 9.17) is 9.47 Å². The molecule has 7 heteroatoms. The number of phenols is 1. The Morgan fingerprint density at radius 1 is 0.972 bits per heavy atom. The first-order valence-electron chi connectivity index (χ1n) is 11.6. The van der Waals surface area contributed by atoms with E-state index < -0.39 is 23.3 Å². The Hall–Kier alpha value is -4.26. The second-order valence-corrected chi connectivity index (χ2v) is 9.57. The molecule has 4 rings (SSSR count). The van der Waals surface area contributed by atoms with Crippen molar-refractivity contribution in [3.05, 3.63) is 95.1 Å². The molecule has 0 bridgehead atoms. The molecule has 0 spiro atoms. The molecule has 7 nitrogen and oxygen atoms in total. The van der Waals surface area contributed by atoms with Crippen LogP contribution in [0.5, 0.6) is 17.2 Å². The molecular formula is C29H29NO6. The van der Waals surface area contributed by atoms with Crippen molar-refractivity contribution >= 4 is 17.4 Å². The number of phenolic OH excluding ortho intramolecular Hbond substituents is 1. The van der Waals surface area contributed by atoms with Crippen LogP contribution in [0.3, 0.4) is 0 Å². The number of ether oxygens (including phenoxy) is 2. The van der Waals surface area contributed by atoms with Crippen LogP contribution in [0.15, 0.2) is 78.4 Å². The molecule has 0 saturated carbocycles. The number of likely N-dealkylation sites (tertiary alicyclic amines) is 1. The summed E-state index contributed by atoms with van der Waals surface area (Å²) in [6.45, 7) is 5.87. The largest absolute Gasteiger partial charge is 0.508 e. The first kappa shape index (κ1) is 24.9. The third-order valence-corrected chi connectivity index (χ3v) is 5.82. The van der Waals surface area contributed by atoms with Crippen LogP contribution >= 0.6 is 0 Å². The third kappa shape index (κ3) is 5.05. The lowest BCUT2D eigenvalue weighted by molar-refractivity contribution is -0.140. The number of benzene rings is 3. The standard InChI is InChI=1S/C29H29NO6/c1-29(2,3)36-23-11-6-5-8-20(23)17-30-25(18-12-14-21(31)15-13-18)24(27(33)28(30)34)26(32)19-9-7-10-22(16-19)35-4/h5-16,25,31-32H,17H2,1-4H3/b26-24+. The number of hydrogen-bond donors (Lipinski definition) is 2. The minimum Gasteiger partial charge on any atom is -0.508 e. The fourth-order valence-electron chi connectivity index (χ4n) is 4.22. The van der Waals surface area contributed by atoms with Crippen molar-refractivity contribution in [1.82, 2.24) is 4.90 Å². The first-order valence-corrected chi connectivity index (χ1v) is 11.6. The van der Waals surface area contributed by atoms with E-state index in [0.717, 1.165) is 5.56 Å². The van der Waals surface area contributed by atoms with Crippen LogP contribution in [-0.2, 0) is 16.1 Å². The zero-order valence-corrected chi connectivity index (χ0v) is 20.7. The normalized spacial score (nSPS) is 17.3. The monoisotopic (exact) mass is 487 g/mol. The van der Waals surface area contributed by atoms with Gasteiger partial charge >= 0.3 is 0 Å². The molecule has 1 unspecified atom stereocenters. The van der Waals surface area contributed by atoms with Gasteiger partial charge in [0, 0.05) is 11.1 Å². The quantitative estimate of drug-likeness (QED) is 0.282. The highest BCUT2D eigenvalue weighted by atomic mass is 16.5. The summed E-state index contributed by atoms with van der Waals surface area (Å²) in [6.07, 6.45) is 0. The molecule has 3 aromatic rings. The van der Waals surface area contributed by atoms with Gasteiger partial charge in [0.05, 0.1) is 25.3 Å². The molecule has 1 aliphatic heterocycles. The van der Waals surface area contributed by atoms with Crippen LogP contribution in [0.4, 0.5) is 0 Å².